The molecule has 2 aliphatic rings. The van der Waals surface area contributed by atoms with Gasteiger partial charge in [0.25, 0.3) is 0 Å². The molecule has 27 heavy (non-hydrogen) atoms. The molecule has 1 saturated heterocycles. The number of benzene rings is 1. The maximum atomic E-state index is 12.6. The van der Waals surface area contributed by atoms with Crippen LogP contribution in [-0.2, 0) is 11.2 Å². The minimum absolute atomic E-state index is 0.0640. The molecule has 1 aliphatic heterocycles. The van der Waals surface area contributed by atoms with E-state index in [2.05, 4.69) is 28.9 Å². The summed E-state index contributed by atoms with van der Waals surface area (Å²) in [5.74, 6) is 0.631. The van der Waals surface area contributed by atoms with E-state index in [0.717, 1.165) is 25.0 Å². The van der Waals surface area contributed by atoms with Crippen LogP contribution in [0.4, 0.5) is 5.95 Å². The third kappa shape index (κ3) is 3.44. The van der Waals surface area contributed by atoms with Gasteiger partial charge in [0.15, 0.2) is 5.78 Å². The Hall–Kier alpha value is -2.76. The zero-order valence-corrected chi connectivity index (χ0v) is 15.5. The van der Waals surface area contributed by atoms with E-state index in [1.54, 1.807) is 6.20 Å². The highest BCUT2D eigenvalue weighted by atomic mass is 16.1. The lowest BCUT2D eigenvalue weighted by Gasteiger charge is -2.31. The molecule has 140 valence electrons. The molecule has 1 fully saturated rings. The first kappa shape index (κ1) is 17.6. The lowest BCUT2D eigenvalue weighted by molar-refractivity contribution is -0.122. The fraction of sp³-hybridized carbons (Fsp3) is 0.429. The summed E-state index contributed by atoms with van der Waals surface area (Å²) >= 11 is 0. The van der Waals surface area contributed by atoms with Crippen LogP contribution < -0.4 is 10.6 Å². The number of aryl methyl sites for hydroxylation is 1. The summed E-state index contributed by atoms with van der Waals surface area (Å²) in [5.41, 5.74) is 9.33. The van der Waals surface area contributed by atoms with Crippen LogP contribution in [0.2, 0.25) is 0 Å². The van der Waals surface area contributed by atoms with E-state index in [4.69, 9.17) is 10.7 Å². The van der Waals surface area contributed by atoms with Gasteiger partial charge in [0.2, 0.25) is 11.9 Å². The van der Waals surface area contributed by atoms with Gasteiger partial charge in [-0.15, -0.1) is 0 Å². The standard InChI is InChI=1S/C21H24N4O2/c1-13-4-2-3-5-16(13)15-10-18-17(19(26)11-15)12-23-21(24-18)25-8-6-14(7-9-25)20(22)27/h2-5,12,14-15H,6-11H2,1H3,(H2,22,27). The zero-order chi connectivity index (χ0) is 19.0. The van der Waals surface area contributed by atoms with Crippen molar-refractivity contribution in [3.63, 3.8) is 0 Å². The topological polar surface area (TPSA) is 89.2 Å². The van der Waals surface area contributed by atoms with Gasteiger partial charge in [0.05, 0.1) is 11.3 Å². The third-order valence-corrected chi connectivity index (χ3v) is 5.84. The highest BCUT2D eigenvalue weighted by molar-refractivity contribution is 5.98. The number of ketones is 1. The molecule has 4 rings (SSSR count). The molecule has 6 heteroatoms. The first-order valence-corrected chi connectivity index (χ1v) is 9.52. The van der Waals surface area contributed by atoms with Gasteiger partial charge in [0.1, 0.15) is 0 Å². The number of aromatic nitrogens is 2. The Bertz CT molecular complexity index is 888. The number of carbonyl (C=O) groups excluding carboxylic acids is 2. The van der Waals surface area contributed by atoms with Crippen LogP contribution in [0.15, 0.2) is 30.5 Å². The SMILES string of the molecule is Cc1ccccc1C1CC(=O)c2cnc(N3CCC(C(N)=O)CC3)nc2C1. The molecule has 6 nitrogen and oxygen atoms in total. The van der Waals surface area contributed by atoms with Crippen LogP contribution in [0.25, 0.3) is 0 Å². The van der Waals surface area contributed by atoms with E-state index in [-0.39, 0.29) is 23.5 Å². The quantitative estimate of drug-likeness (QED) is 0.903. The van der Waals surface area contributed by atoms with Crippen molar-refractivity contribution < 1.29 is 9.59 Å². The van der Waals surface area contributed by atoms with Crippen LogP contribution in [0.3, 0.4) is 0 Å². The van der Waals surface area contributed by atoms with E-state index in [1.165, 1.54) is 11.1 Å². The summed E-state index contributed by atoms with van der Waals surface area (Å²) in [6, 6.07) is 8.24. The molecule has 1 unspecified atom stereocenters. The van der Waals surface area contributed by atoms with Gasteiger partial charge in [-0.25, -0.2) is 9.97 Å². The Morgan fingerprint density at radius 3 is 2.63 bits per heavy atom. The molecule has 1 aromatic heterocycles. The van der Waals surface area contributed by atoms with Crippen molar-refractivity contribution in [2.75, 3.05) is 18.0 Å². The van der Waals surface area contributed by atoms with Crippen LogP contribution in [-0.4, -0.2) is 34.7 Å². The van der Waals surface area contributed by atoms with E-state index in [9.17, 15) is 9.59 Å². The van der Waals surface area contributed by atoms with Gasteiger partial charge in [0, 0.05) is 31.6 Å². The summed E-state index contributed by atoms with van der Waals surface area (Å²) in [5, 5.41) is 0. The average molecular weight is 364 g/mol. The van der Waals surface area contributed by atoms with E-state index in [1.807, 2.05) is 12.1 Å². The fourth-order valence-electron chi connectivity index (χ4n) is 4.22. The molecule has 0 spiro atoms. The monoisotopic (exact) mass is 364 g/mol. The van der Waals surface area contributed by atoms with E-state index in [0.29, 0.717) is 31.0 Å². The van der Waals surface area contributed by atoms with Gasteiger partial charge in [-0.1, -0.05) is 24.3 Å². The first-order valence-electron chi connectivity index (χ1n) is 9.52. The second-order valence-electron chi connectivity index (χ2n) is 7.58. The normalized spacial score (nSPS) is 20.4. The summed E-state index contributed by atoms with van der Waals surface area (Å²) < 4.78 is 0. The predicted molar refractivity (Wildman–Crippen MR) is 103 cm³/mol. The highest BCUT2D eigenvalue weighted by Crippen LogP contribution is 2.34. The van der Waals surface area contributed by atoms with Crippen molar-refractivity contribution >= 4 is 17.6 Å². The number of Topliss-reactive ketones (excluding diaryl/α,β-unsaturated/α-hetero) is 1. The summed E-state index contributed by atoms with van der Waals surface area (Å²) in [4.78, 5) is 35.3. The van der Waals surface area contributed by atoms with Crippen molar-refractivity contribution in [1.29, 1.82) is 0 Å². The summed E-state index contributed by atoms with van der Waals surface area (Å²) in [6.45, 7) is 3.51. The lowest BCUT2D eigenvalue weighted by Crippen LogP contribution is -2.39. The molecule has 0 radical (unpaired) electrons. The Morgan fingerprint density at radius 2 is 1.93 bits per heavy atom. The number of hydrogen-bond acceptors (Lipinski definition) is 5. The van der Waals surface area contributed by atoms with Gasteiger partial charge in [-0.05, 0) is 43.2 Å². The molecule has 2 N–H and O–H groups in total. The van der Waals surface area contributed by atoms with E-state index < -0.39 is 0 Å². The number of carbonyl (C=O) groups is 2. The molecular weight excluding hydrogens is 340 g/mol. The number of fused-ring (bicyclic) bond motifs is 1. The second kappa shape index (κ2) is 7.10. The maximum Gasteiger partial charge on any atom is 0.225 e. The number of amides is 1. The average Bonchev–Trinajstić information content (AvgIpc) is 2.68. The molecule has 0 bridgehead atoms. The van der Waals surface area contributed by atoms with Gasteiger partial charge in [-0.3, -0.25) is 9.59 Å². The Kier molecular flexibility index (Phi) is 4.64. The number of hydrogen-bond donors (Lipinski definition) is 1. The number of piperidine rings is 1. The van der Waals surface area contributed by atoms with Gasteiger partial charge >= 0.3 is 0 Å². The molecule has 1 aliphatic carbocycles. The van der Waals surface area contributed by atoms with Crippen molar-refractivity contribution in [3.8, 4) is 0 Å². The van der Waals surface area contributed by atoms with Gasteiger partial charge in [-0.2, -0.15) is 0 Å². The molecular formula is C21H24N4O2. The molecule has 2 heterocycles. The van der Waals surface area contributed by atoms with Crippen LogP contribution in [0.5, 0.6) is 0 Å². The van der Waals surface area contributed by atoms with Crippen molar-refractivity contribution in [3.05, 3.63) is 52.8 Å². The first-order chi connectivity index (χ1) is 13.0. The largest absolute Gasteiger partial charge is 0.369 e. The maximum absolute atomic E-state index is 12.6. The van der Waals surface area contributed by atoms with Crippen LogP contribution in [0.1, 0.15) is 52.4 Å². The van der Waals surface area contributed by atoms with E-state index >= 15 is 0 Å². The number of nitrogens with two attached hydrogens (primary N) is 1. The second-order valence-corrected chi connectivity index (χ2v) is 7.58. The summed E-state index contributed by atoms with van der Waals surface area (Å²) in [7, 11) is 0. The highest BCUT2D eigenvalue weighted by Gasteiger charge is 2.30. The predicted octanol–water partition coefficient (Wildman–Crippen LogP) is 2.40. The zero-order valence-electron chi connectivity index (χ0n) is 15.5. The van der Waals surface area contributed by atoms with Crippen LogP contribution in [0, 0.1) is 12.8 Å². The molecule has 0 saturated carbocycles. The van der Waals surface area contributed by atoms with Crippen molar-refractivity contribution in [2.24, 2.45) is 11.7 Å². The Balaban J connectivity index is 1.57. The Morgan fingerprint density at radius 1 is 1.19 bits per heavy atom. The van der Waals surface area contributed by atoms with Crippen LogP contribution >= 0.6 is 0 Å². The summed E-state index contributed by atoms with van der Waals surface area (Å²) in [6.07, 6.45) is 4.37. The smallest absolute Gasteiger partial charge is 0.225 e. The Labute approximate surface area is 158 Å². The van der Waals surface area contributed by atoms with Crippen molar-refractivity contribution in [1.82, 2.24) is 9.97 Å². The number of primary amides is 1. The minimum Gasteiger partial charge on any atom is -0.369 e. The number of nitrogens with zero attached hydrogens (tertiary/aromatic N) is 3. The number of anilines is 1. The molecule has 1 atom stereocenters. The minimum atomic E-state index is -0.229. The van der Waals surface area contributed by atoms with Gasteiger partial charge < -0.3 is 10.6 Å². The molecule has 2 aromatic rings. The fourth-order valence-corrected chi connectivity index (χ4v) is 4.22. The molecule has 1 aromatic carbocycles. The lowest BCUT2D eigenvalue weighted by atomic mass is 9.81. The molecule has 1 amide bonds. The van der Waals surface area contributed by atoms with Crippen molar-refractivity contribution in [2.45, 2.75) is 38.5 Å². The number of rotatable bonds is 3. The third-order valence-electron chi connectivity index (χ3n) is 5.84.